The second-order valence-corrected chi connectivity index (χ2v) is 7.53. The number of halogens is 1. The zero-order valence-corrected chi connectivity index (χ0v) is 16.5. The topological polar surface area (TPSA) is 50.6 Å². The van der Waals surface area contributed by atoms with Crippen molar-refractivity contribution in [3.63, 3.8) is 0 Å². The summed E-state index contributed by atoms with van der Waals surface area (Å²) < 4.78 is 0. The number of piperidine rings is 1. The highest BCUT2D eigenvalue weighted by Gasteiger charge is 2.41. The first-order valence-electron chi connectivity index (χ1n) is 8.56. The number of carbonyl (C=O) groups is 1. The first-order valence-corrected chi connectivity index (χ1v) is 8.93. The van der Waals surface area contributed by atoms with Crippen molar-refractivity contribution in [3.05, 3.63) is 33.8 Å². The summed E-state index contributed by atoms with van der Waals surface area (Å²) in [5.74, 6) is -0.0200. The lowest BCUT2D eigenvalue weighted by molar-refractivity contribution is -0.136. The largest absolute Gasteiger partial charge is 0.327 e. The number of nitriles is 1. The average molecular weight is 363 g/mol. The second-order valence-electron chi connectivity index (χ2n) is 7.09. The number of rotatable bonds is 4. The number of hydrogen-bond acceptors (Lipinski definition) is 4. The van der Waals surface area contributed by atoms with Crippen molar-refractivity contribution in [2.45, 2.75) is 38.6 Å². The molecule has 5 nitrogen and oxygen atoms in total. The van der Waals surface area contributed by atoms with Gasteiger partial charge < -0.3 is 4.90 Å². The Morgan fingerprint density at radius 1 is 1.24 bits per heavy atom. The molecule has 0 aromatic heterocycles. The van der Waals surface area contributed by atoms with Crippen LogP contribution in [0.4, 0.5) is 0 Å². The van der Waals surface area contributed by atoms with Gasteiger partial charge in [-0.2, -0.15) is 5.26 Å². The number of carbonyl (C=O) groups excluding carboxylic acids is 1. The van der Waals surface area contributed by atoms with E-state index in [0.717, 1.165) is 29.8 Å². The van der Waals surface area contributed by atoms with Gasteiger partial charge in [0, 0.05) is 39.3 Å². The number of benzene rings is 1. The normalized spacial score (nSPS) is 17.4. The van der Waals surface area contributed by atoms with Crippen LogP contribution < -0.4 is 0 Å². The molecular formula is C19H27ClN4O. The van der Waals surface area contributed by atoms with E-state index in [2.05, 4.69) is 11.1 Å². The van der Waals surface area contributed by atoms with E-state index in [4.69, 9.17) is 11.6 Å². The van der Waals surface area contributed by atoms with E-state index in [1.54, 1.807) is 11.9 Å². The minimum Gasteiger partial charge on any atom is -0.327 e. The number of hydrogen-bond donors (Lipinski definition) is 0. The van der Waals surface area contributed by atoms with Gasteiger partial charge in [-0.3, -0.25) is 4.79 Å². The highest BCUT2D eigenvalue weighted by atomic mass is 35.5. The van der Waals surface area contributed by atoms with Crippen molar-refractivity contribution in [1.29, 1.82) is 5.26 Å². The van der Waals surface area contributed by atoms with Crippen molar-refractivity contribution in [2.75, 3.05) is 34.2 Å². The molecule has 0 radical (unpaired) electrons. The highest BCUT2D eigenvalue weighted by molar-refractivity contribution is 6.30. The Bertz CT molecular complexity index is 664. The molecule has 0 saturated carbocycles. The van der Waals surface area contributed by atoms with E-state index in [0.29, 0.717) is 24.3 Å². The molecule has 136 valence electrons. The summed E-state index contributed by atoms with van der Waals surface area (Å²) in [6, 6.07) is 6.18. The number of nitrogens with zero attached hydrogens (tertiary/aromatic N) is 4. The van der Waals surface area contributed by atoms with Gasteiger partial charge >= 0.3 is 0 Å². The zero-order chi connectivity index (χ0) is 18.8. The molecule has 6 heteroatoms. The molecule has 0 unspecified atom stereocenters. The molecule has 2 rings (SSSR count). The van der Waals surface area contributed by atoms with Crippen molar-refractivity contribution in [2.24, 2.45) is 0 Å². The third-order valence-electron chi connectivity index (χ3n) is 5.35. The molecule has 1 amide bonds. The maximum atomic E-state index is 12.9. The summed E-state index contributed by atoms with van der Waals surface area (Å²) >= 11 is 6.08. The third-order valence-corrected chi connectivity index (χ3v) is 5.56. The Balaban J connectivity index is 2.15. The second kappa shape index (κ2) is 7.74. The molecule has 0 aliphatic carbocycles. The number of aryl methyl sites for hydroxylation is 2. The van der Waals surface area contributed by atoms with Crippen molar-refractivity contribution in [1.82, 2.24) is 14.9 Å². The van der Waals surface area contributed by atoms with Gasteiger partial charge in [-0.25, -0.2) is 10.0 Å². The minimum atomic E-state index is -0.724. The lowest BCUT2D eigenvalue weighted by Crippen LogP contribution is -2.57. The Morgan fingerprint density at radius 3 is 2.20 bits per heavy atom. The molecule has 25 heavy (non-hydrogen) atoms. The van der Waals surface area contributed by atoms with Crippen molar-refractivity contribution >= 4 is 17.5 Å². The summed E-state index contributed by atoms with van der Waals surface area (Å²) in [7, 11) is 5.76. The fraction of sp³-hybridized carbons (Fsp3) is 0.579. The Hall–Kier alpha value is -1.61. The maximum Gasteiger partial charge on any atom is 0.228 e. The molecule has 1 saturated heterocycles. The summed E-state index contributed by atoms with van der Waals surface area (Å²) in [4.78, 5) is 14.6. The van der Waals surface area contributed by atoms with Crippen LogP contribution in [0, 0.1) is 25.2 Å². The molecule has 1 aliphatic heterocycles. The van der Waals surface area contributed by atoms with Gasteiger partial charge in [-0.05, 0) is 55.5 Å². The molecule has 1 heterocycles. The van der Waals surface area contributed by atoms with E-state index in [9.17, 15) is 10.1 Å². The van der Waals surface area contributed by atoms with Crippen LogP contribution in [0.3, 0.4) is 0 Å². The maximum absolute atomic E-state index is 12.9. The van der Waals surface area contributed by atoms with Crippen LogP contribution in [-0.2, 0) is 11.2 Å². The number of hydrazine groups is 1. The molecule has 1 aromatic rings. The molecule has 0 bridgehead atoms. The van der Waals surface area contributed by atoms with Crippen LogP contribution in [0.25, 0.3) is 0 Å². The molecule has 1 aliphatic rings. The van der Waals surface area contributed by atoms with Crippen LogP contribution in [0.2, 0.25) is 5.02 Å². The number of amides is 1. The van der Waals surface area contributed by atoms with E-state index in [1.165, 1.54) is 0 Å². The quantitative estimate of drug-likeness (QED) is 0.826. The molecular weight excluding hydrogens is 336 g/mol. The smallest absolute Gasteiger partial charge is 0.228 e. The predicted octanol–water partition coefficient (Wildman–Crippen LogP) is 2.79. The predicted molar refractivity (Wildman–Crippen MR) is 100 cm³/mol. The molecule has 1 fully saturated rings. The van der Waals surface area contributed by atoms with E-state index in [1.807, 2.05) is 45.1 Å². The molecule has 1 aromatic carbocycles. The van der Waals surface area contributed by atoms with Crippen LogP contribution >= 0.6 is 11.6 Å². The van der Waals surface area contributed by atoms with Gasteiger partial charge in [0.1, 0.15) is 5.54 Å². The summed E-state index contributed by atoms with van der Waals surface area (Å²) in [6.07, 6.45) is 1.61. The lowest BCUT2D eigenvalue weighted by Gasteiger charge is -2.44. The van der Waals surface area contributed by atoms with Gasteiger partial charge in [0.15, 0.2) is 0 Å². The van der Waals surface area contributed by atoms with Gasteiger partial charge in [0.2, 0.25) is 5.91 Å². The van der Waals surface area contributed by atoms with Gasteiger partial charge in [-0.15, -0.1) is 0 Å². The SMILES string of the molecule is Cc1cc(Cl)cc(C)c1CC(=O)N(C)C1(C#N)CCN(N(C)C)CC1. The summed E-state index contributed by atoms with van der Waals surface area (Å²) in [5.41, 5.74) is 2.30. The van der Waals surface area contributed by atoms with Crippen LogP contribution in [0.5, 0.6) is 0 Å². The Morgan fingerprint density at radius 2 is 1.76 bits per heavy atom. The molecule has 0 atom stereocenters. The van der Waals surface area contributed by atoms with E-state index >= 15 is 0 Å². The highest BCUT2D eigenvalue weighted by Crippen LogP contribution is 2.29. The first kappa shape index (κ1) is 19.7. The summed E-state index contributed by atoms with van der Waals surface area (Å²) in [6.45, 7) is 5.49. The zero-order valence-electron chi connectivity index (χ0n) is 15.8. The van der Waals surface area contributed by atoms with Gasteiger partial charge in [-0.1, -0.05) is 11.6 Å². The molecule has 0 N–H and O–H groups in total. The Labute approximate surface area is 155 Å². The fourth-order valence-corrected chi connectivity index (χ4v) is 3.84. The summed E-state index contributed by atoms with van der Waals surface area (Å²) in [5, 5.41) is 14.7. The number of likely N-dealkylation sites (N-methyl/N-ethyl adjacent to an activating group) is 1. The molecule has 0 spiro atoms. The monoisotopic (exact) mass is 362 g/mol. The third kappa shape index (κ3) is 4.14. The van der Waals surface area contributed by atoms with Crippen molar-refractivity contribution in [3.8, 4) is 6.07 Å². The minimum absolute atomic E-state index is 0.0200. The van der Waals surface area contributed by atoms with Crippen molar-refractivity contribution < 1.29 is 4.79 Å². The standard InChI is InChI=1S/C19H27ClN4O/c1-14-10-16(20)11-15(2)17(14)12-18(25)23(5)19(13-21)6-8-24(9-7-19)22(3)4/h10-11H,6-9,12H2,1-5H3. The van der Waals surface area contributed by atoms with Crippen LogP contribution in [0.15, 0.2) is 12.1 Å². The average Bonchev–Trinajstić information content (AvgIpc) is 2.57. The van der Waals surface area contributed by atoms with E-state index < -0.39 is 5.54 Å². The van der Waals surface area contributed by atoms with E-state index in [-0.39, 0.29) is 5.91 Å². The van der Waals surface area contributed by atoms with Crippen LogP contribution in [-0.4, -0.2) is 60.6 Å². The Kier molecular flexibility index (Phi) is 6.10. The first-order chi connectivity index (χ1) is 11.7. The van der Waals surface area contributed by atoms with Gasteiger partial charge in [0.25, 0.3) is 0 Å². The van der Waals surface area contributed by atoms with Crippen LogP contribution in [0.1, 0.15) is 29.5 Å². The van der Waals surface area contributed by atoms with Gasteiger partial charge in [0.05, 0.1) is 12.5 Å². The fourth-order valence-electron chi connectivity index (χ4n) is 3.51. The lowest BCUT2D eigenvalue weighted by atomic mass is 9.87.